The molecule has 0 fully saturated rings. The highest BCUT2D eigenvalue weighted by atomic mass is 35.5. The molecule has 0 radical (unpaired) electrons. The van der Waals surface area contributed by atoms with Gasteiger partial charge in [0.05, 0.1) is 6.20 Å². The largest absolute Gasteiger partial charge is 0.285 e. The number of aromatic nitrogens is 2. The van der Waals surface area contributed by atoms with Gasteiger partial charge < -0.3 is 0 Å². The molecule has 0 aliphatic rings. The molecule has 1 heterocycles. The van der Waals surface area contributed by atoms with Crippen LogP contribution >= 0.6 is 12.4 Å². The lowest BCUT2D eigenvalue weighted by atomic mass is 10.1. The van der Waals surface area contributed by atoms with Crippen molar-refractivity contribution in [2.75, 3.05) is 0 Å². The highest BCUT2D eigenvalue weighted by Crippen LogP contribution is 2.09. The quantitative estimate of drug-likeness (QED) is 0.645. The second-order valence-electron chi connectivity index (χ2n) is 2.19. The van der Waals surface area contributed by atoms with Crippen LogP contribution in [0, 0.1) is 0 Å². The number of hydrogen-bond acceptors (Lipinski definition) is 1. The number of halogens is 1. The highest BCUT2D eigenvalue weighted by Gasteiger charge is 1.96. The summed E-state index contributed by atoms with van der Waals surface area (Å²) in [6, 6.07) is 0. The van der Waals surface area contributed by atoms with E-state index in [1.165, 1.54) is 5.56 Å². The van der Waals surface area contributed by atoms with Crippen LogP contribution in [0.3, 0.4) is 0 Å². The highest BCUT2D eigenvalue weighted by molar-refractivity contribution is 5.85. The number of rotatable bonds is 1. The van der Waals surface area contributed by atoms with Crippen LogP contribution in [0.25, 0.3) is 0 Å². The molecule has 1 aromatic rings. The van der Waals surface area contributed by atoms with Crippen molar-refractivity contribution in [1.82, 2.24) is 10.2 Å². The van der Waals surface area contributed by atoms with E-state index in [2.05, 4.69) is 24.0 Å². The van der Waals surface area contributed by atoms with Crippen molar-refractivity contribution in [3.05, 3.63) is 18.0 Å². The van der Waals surface area contributed by atoms with E-state index in [1.54, 1.807) is 0 Å². The van der Waals surface area contributed by atoms with Crippen LogP contribution in [-0.2, 0) is 0 Å². The van der Waals surface area contributed by atoms with Crippen LogP contribution in [-0.4, -0.2) is 10.2 Å². The van der Waals surface area contributed by atoms with Gasteiger partial charge in [-0.15, -0.1) is 12.4 Å². The maximum absolute atomic E-state index is 3.82. The summed E-state index contributed by atoms with van der Waals surface area (Å²) in [5, 5.41) is 6.58. The molecule has 52 valence electrons. The molecule has 0 saturated carbocycles. The predicted octanol–water partition coefficient (Wildman–Crippen LogP) is 1.95. The summed E-state index contributed by atoms with van der Waals surface area (Å²) in [4.78, 5) is 0. The van der Waals surface area contributed by atoms with E-state index in [9.17, 15) is 0 Å². The van der Waals surface area contributed by atoms with Gasteiger partial charge in [-0.25, -0.2) is 0 Å². The number of nitrogens with one attached hydrogen (secondary N) is 1. The molecule has 9 heavy (non-hydrogen) atoms. The van der Waals surface area contributed by atoms with E-state index in [4.69, 9.17) is 0 Å². The minimum absolute atomic E-state index is 0. The number of nitrogens with zero attached hydrogens (tertiary/aromatic N) is 1. The average Bonchev–Trinajstić information content (AvgIpc) is 2.12. The van der Waals surface area contributed by atoms with E-state index in [1.807, 2.05) is 12.4 Å². The molecule has 0 saturated heterocycles. The molecular weight excluding hydrogens is 136 g/mol. The van der Waals surface area contributed by atoms with E-state index in [-0.39, 0.29) is 12.4 Å². The molecular formula is C6H11ClN2. The topological polar surface area (TPSA) is 28.7 Å². The molecule has 1 aromatic heterocycles. The summed E-state index contributed by atoms with van der Waals surface area (Å²) in [5.74, 6) is 0.591. The third-order valence-electron chi connectivity index (χ3n) is 1.19. The van der Waals surface area contributed by atoms with E-state index in [0.29, 0.717) is 5.92 Å². The SMILES string of the molecule is CC(C)c1cn[nH]c1.Cl. The lowest BCUT2D eigenvalue weighted by Gasteiger charge is -1.94. The molecule has 3 heteroatoms. The van der Waals surface area contributed by atoms with Gasteiger partial charge in [-0.1, -0.05) is 13.8 Å². The zero-order valence-electron chi connectivity index (χ0n) is 5.59. The van der Waals surface area contributed by atoms with E-state index in [0.717, 1.165) is 0 Å². The maximum Gasteiger partial charge on any atom is 0.0521 e. The Balaban J connectivity index is 0.000000640. The minimum atomic E-state index is 0. The first kappa shape index (κ1) is 8.50. The van der Waals surface area contributed by atoms with Crippen molar-refractivity contribution in [3.63, 3.8) is 0 Å². The maximum atomic E-state index is 3.82. The van der Waals surface area contributed by atoms with Gasteiger partial charge >= 0.3 is 0 Å². The van der Waals surface area contributed by atoms with Gasteiger partial charge in [-0.2, -0.15) is 5.10 Å². The molecule has 0 unspecified atom stereocenters. The molecule has 0 bridgehead atoms. The van der Waals surface area contributed by atoms with Crippen molar-refractivity contribution in [3.8, 4) is 0 Å². The van der Waals surface area contributed by atoms with Crippen molar-refractivity contribution in [1.29, 1.82) is 0 Å². The Labute approximate surface area is 61.1 Å². The van der Waals surface area contributed by atoms with E-state index >= 15 is 0 Å². The van der Waals surface area contributed by atoms with Gasteiger partial charge in [0, 0.05) is 6.20 Å². The standard InChI is InChI=1S/C6H10N2.ClH/c1-5(2)6-3-7-8-4-6;/h3-5H,1-2H3,(H,7,8);1H. The van der Waals surface area contributed by atoms with Crippen LogP contribution in [0.5, 0.6) is 0 Å². The van der Waals surface area contributed by atoms with Gasteiger partial charge in [-0.05, 0) is 11.5 Å². The lowest BCUT2D eigenvalue weighted by molar-refractivity contribution is 0.868. The molecule has 0 aromatic carbocycles. The fourth-order valence-corrected chi connectivity index (χ4v) is 0.577. The third-order valence-corrected chi connectivity index (χ3v) is 1.19. The normalized spacial score (nSPS) is 9.22. The number of aromatic amines is 1. The van der Waals surface area contributed by atoms with Gasteiger partial charge in [0.15, 0.2) is 0 Å². The first-order valence-electron chi connectivity index (χ1n) is 2.79. The van der Waals surface area contributed by atoms with E-state index < -0.39 is 0 Å². The van der Waals surface area contributed by atoms with Crippen molar-refractivity contribution >= 4 is 12.4 Å². The van der Waals surface area contributed by atoms with Gasteiger partial charge in [0.1, 0.15) is 0 Å². The van der Waals surface area contributed by atoms with Gasteiger partial charge in [0.25, 0.3) is 0 Å². The Kier molecular flexibility index (Phi) is 3.32. The molecule has 0 atom stereocenters. The summed E-state index contributed by atoms with van der Waals surface area (Å²) in [5.41, 5.74) is 1.27. The summed E-state index contributed by atoms with van der Waals surface area (Å²) in [6.07, 6.45) is 3.77. The number of H-pyrrole nitrogens is 1. The zero-order chi connectivity index (χ0) is 5.98. The smallest absolute Gasteiger partial charge is 0.0521 e. The summed E-state index contributed by atoms with van der Waals surface area (Å²) in [6.45, 7) is 4.29. The Bertz CT molecular complexity index is 146. The first-order valence-corrected chi connectivity index (χ1v) is 2.79. The molecule has 0 spiro atoms. The Morgan fingerprint density at radius 2 is 2.22 bits per heavy atom. The lowest BCUT2D eigenvalue weighted by Crippen LogP contribution is -1.80. The molecule has 0 aliphatic carbocycles. The summed E-state index contributed by atoms with van der Waals surface area (Å²) in [7, 11) is 0. The third kappa shape index (κ3) is 2.06. The fourth-order valence-electron chi connectivity index (χ4n) is 0.577. The van der Waals surface area contributed by atoms with Crippen LogP contribution in [0.15, 0.2) is 12.4 Å². The summed E-state index contributed by atoms with van der Waals surface area (Å²) >= 11 is 0. The second kappa shape index (κ2) is 3.51. The molecule has 0 aliphatic heterocycles. The van der Waals surface area contributed by atoms with Crippen LogP contribution in [0.4, 0.5) is 0 Å². The van der Waals surface area contributed by atoms with Gasteiger partial charge in [0.2, 0.25) is 0 Å². The molecule has 2 nitrogen and oxygen atoms in total. The zero-order valence-corrected chi connectivity index (χ0v) is 6.40. The predicted molar refractivity (Wildman–Crippen MR) is 39.9 cm³/mol. The van der Waals surface area contributed by atoms with Crippen LogP contribution in [0.2, 0.25) is 0 Å². The Hall–Kier alpha value is -0.500. The summed E-state index contributed by atoms with van der Waals surface area (Å²) < 4.78 is 0. The van der Waals surface area contributed by atoms with Crippen LogP contribution < -0.4 is 0 Å². The van der Waals surface area contributed by atoms with Crippen molar-refractivity contribution < 1.29 is 0 Å². The monoisotopic (exact) mass is 146 g/mol. The van der Waals surface area contributed by atoms with Crippen molar-refractivity contribution in [2.45, 2.75) is 19.8 Å². The molecule has 0 amide bonds. The fraction of sp³-hybridized carbons (Fsp3) is 0.500. The number of hydrogen-bond donors (Lipinski definition) is 1. The second-order valence-corrected chi connectivity index (χ2v) is 2.19. The van der Waals surface area contributed by atoms with Gasteiger partial charge in [-0.3, -0.25) is 5.10 Å². The molecule has 1 N–H and O–H groups in total. The Morgan fingerprint density at radius 3 is 2.44 bits per heavy atom. The minimum Gasteiger partial charge on any atom is -0.285 e. The Morgan fingerprint density at radius 1 is 1.56 bits per heavy atom. The van der Waals surface area contributed by atoms with Crippen molar-refractivity contribution in [2.24, 2.45) is 0 Å². The average molecular weight is 147 g/mol. The molecule has 1 rings (SSSR count). The van der Waals surface area contributed by atoms with Crippen LogP contribution in [0.1, 0.15) is 25.3 Å². The first-order chi connectivity index (χ1) is 3.80.